The van der Waals surface area contributed by atoms with Gasteiger partial charge in [0.05, 0.1) is 23.9 Å². The van der Waals surface area contributed by atoms with E-state index in [4.69, 9.17) is 4.74 Å². The number of aryl methyl sites for hydroxylation is 2. The third-order valence-electron chi connectivity index (χ3n) is 4.75. The van der Waals surface area contributed by atoms with Gasteiger partial charge in [-0.3, -0.25) is 0 Å². The van der Waals surface area contributed by atoms with Crippen molar-refractivity contribution in [1.82, 2.24) is 25.2 Å². The maximum Gasteiger partial charge on any atom is 0.340 e. The maximum absolute atomic E-state index is 12.4. The number of benzene rings is 2. The molecule has 0 radical (unpaired) electrons. The Morgan fingerprint density at radius 1 is 1.07 bits per heavy atom. The molecule has 0 saturated heterocycles. The highest BCUT2D eigenvalue weighted by atomic mass is 16.5. The third kappa shape index (κ3) is 3.11. The molecule has 2 aromatic heterocycles. The Balaban J connectivity index is 1.78. The summed E-state index contributed by atoms with van der Waals surface area (Å²) in [5.41, 5.74) is 4.61. The number of hydrogen-bond acceptors (Lipinski definition) is 6. The number of para-hydroxylation sites is 1. The number of esters is 1. The molecule has 4 rings (SSSR count). The standard InChI is InChI=1S/C21H19N5O2/c1-13-8-4-5-9-15(13)20-23-25-26(24-20)12-18-19(21(27)28-3)14(2)16-10-6-7-11-17(16)22-18/h4-11H,12H2,1-3H3. The number of carbonyl (C=O) groups excluding carboxylic acids is 1. The van der Waals surface area contributed by atoms with E-state index in [-0.39, 0.29) is 6.54 Å². The van der Waals surface area contributed by atoms with E-state index in [0.717, 1.165) is 27.6 Å². The average molecular weight is 373 g/mol. The lowest BCUT2D eigenvalue weighted by Crippen LogP contribution is -2.15. The number of tetrazole rings is 1. The molecule has 4 aromatic rings. The van der Waals surface area contributed by atoms with Gasteiger partial charge < -0.3 is 4.74 Å². The van der Waals surface area contributed by atoms with E-state index in [0.29, 0.717) is 17.1 Å². The molecule has 2 heterocycles. The zero-order valence-electron chi connectivity index (χ0n) is 15.9. The number of fused-ring (bicyclic) bond motifs is 1. The molecule has 28 heavy (non-hydrogen) atoms. The van der Waals surface area contributed by atoms with Gasteiger partial charge in [0, 0.05) is 10.9 Å². The molecular weight excluding hydrogens is 354 g/mol. The van der Waals surface area contributed by atoms with Crippen LogP contribution in [0.25, 0.3) is 22.3 Å². The molecule has 0 aliphatic heterocycles. The minimum absolute atomic E-state index is 0.217. The molecule has 0 bridgehead atoms. The van der Waals surface area contributed by atoms with Gasteiger partial charge in [-0.1, -0.05) is 42.5 Å². The highest BCUT2D eigenvalue weighted by molar-refractivity contribution is 5.98. The summed E-state index contributed by atoms with van der Waals surface area (Å²) in [7, 11) is 1.37. The zero-order valence-corrected chi connectivity index (χ0v) is 15.9. The first-order valence-electron chi connectivity index (χ1n) is 8.89. The van der Waals surface area contributed by atoms with Crippen LogP contribution < -0.4 is 0 Å². The summed E-state index contributed by atoms with van der Waals surface area (Å²) in [6.45, 7) is 4.11. The smallest absolute Gasteiger partial charge is 0.340 e. The highest BCUT2D eigenvalue weighted by Gasteiger charge is 2.20. The lowest BCUT2D eigenvalue weighted by Gasteiger charge is -2.12. The summed E-state index contributed by atoms with van der Waals surface area (Å²) in [6.07, 6.45) is 0. The Hall–Kier alpha value is -3.61. The van der Waals surface area contributed by atoms with E-state index in [1.54, 1.807) is 0 Å². The van der Waals surface area contributed by atoms with Crippen LogP contribution in [0, 0.1) is 13.8 Å². The number of nitrogens with zero attached hydrogens (tertiary/aromatic N) is 5. The van der Waals surface area contributed by atoms with Crippen molar-refractivity contribution >= 4 is 16.9 Å². The van der Waals surface area contributed by atoms with Gasteiger partial charge in [0.2, 0.25) is 5.82 Å². The molecule has 0 spiro atoms. The molecule has 0 aliphatic carbocycles. The van der Waals surface area contributed by atoms with E-state index in [1.807, 2.05) is 62.4 Å². The van der Waals surface area contributed by atoms with Gasteiger partial charge in [0.25, 0.3) is 0 Å². The molecule has 2 aromatic carbocycles. The lowest BCUT2D eigenvalue weighted by molar-refractivity contribution is 0.0598. The van der Waals surface area contributed by atoms with Crippen LogP contribution in [0.4, 0.5) is 0 Å². The van der Waals surface area contributed by atoms with Crippen LogP contribution >= 0.6 is 0 Å². The van der Waals surface area contributed by atoms with E-state index < -0.39 is 5.97 Å². The summed E-state index contributed by atoms with van der Waals surface area (Å²) < 4.78 is 4.99. The van der Waals surface area contributed by atoms with Crippen molar-refractivity contribution in [2.75, 3.05) is 7.11 Å². The Morgan fingerprint density at radius 2 is 1.82 bits per heavy atom. The average Bonchev–Trinajstić information content (AvgIpc) is 3.16. The Morgan fingerprint density at radius 3 is 2.61 bits per heavy atom. The second-order valence-electron chi connectivity index (χ2n) is 6.53. The molecule has 0 N–H and O–H groups in total. The van der Waals surface area contributed by atoms with Crippen LogP contribution in [-0.4, -0.2) is 38.3 Å². The van der Waals surface area contributed by atoms with E-state index in [9.17, 15) is 4.79 Å². The summed E-state index contributed by atoms with van der Waals surface area (Å²) in [5, 5.41) is 13.7. The van der Waals surface area contributed by atoms with Crippen LogP contribution in [0.2, 0.25) is 0 Å². The van der Waals surface area contributed by atoms with Crippen LogP contribution in [0.15, 0.2) is 48.5 Å². The minimum Gasteiger partial charge on any atom is -0.465 e. The van der Waals surface area contributed by atoms with Crippen molar-refractivity contribution in [3.05, 3.63) is 70.9 Å². The van der Waals surface area contributed by atoms with Gasteiger partial charge in [0.1, 0.15) is 6.54 Å². The molecule has 0 atom stereocenters. The van der Waals surface area contributed by atoms with Gasteiger partial charge in [-0.25, -0.2) is 9.78 Å². The SMILES string of the molecule is COC(=O)c1c(Cn2nnc(-c3ccccc3C)n2)nc2ccccc2c1C. The molecular formula is C21H19N5O2. The fourth-order valence-corrected chi connectivity index (χ4v) is 3.30. The van der Waals surface area contributed by atoms with Crippen molar-refractivity contribution in [2.24, 2.45) is 0 Å². The van der Waals surface area contributed by atoms with Crippen LogP contribution in [0.1, 0.15) is 27.2 Å². The monoisotopic (exact) mass is 373 g/mol. The van der Waals surface area contributed by atoms with Crippen molar-refractivity contribution in [1.29, 1.82) is 0 Å². The van der Waals surface area contributed by atoms with Gasteiger partial charge in [-0.2, -0.15) is 4.80 Å². The van der Waals surface area contributed by atoms with Crippen molar-refractivity contribution in [3.8, 4) is 11.4 Å². The maximum atomic E-state index is 12.4. The Kier molecular flexibility index (Phi) is 4.57. The number of methoxy groups -OCH3 is 1. The third-order valence-corrected chi connectivity index (χ3v) is 4.75. The summed E-state index contributed by atoms with van der Waals surface area (Å²) in [4.78, 5) is 18.6. The van der Waals surface area contributed by atoms with E-state index >= 15 is 0 Å². The number of carbonyl (C=O) groups is 1. The van der Waals surface area contributed by atoms with Crippen molar-refractivity contribution < 1.29 is 9.53 Å². The van der Waals surface area contributed by atoms with Crippen molar-refractivity contribution in [2.45, 2.75) is 20.4 Å². The largest absolute Gasteiger partial charge is 0.465 e. The highest BCUT2D eigenvalue weighted by Crippen LogP contribution is 2.24. The molecule has 0 saturated carbocycles. The first-order chi connectivity index (χ1) is 13.6. The summed E-state index contributed by atoms with van der Waals surface area (Å²) >= 11 is 0. The molecule has 7 nitrogen and oxygen atoms in total. The first kappa shape index (κ1) is 17.8. The number of rotatable bonds is 4. The second-order valence-corrected chi connectivity index (χ2v) is 6.53. The zero-order chi connectivity index (χ0) is 19.7. The lowest BCUT2D eigenvalue weighted by atomic mass is 10.0. The van der Waals surface area contributed by atoms with Gasteiger partial charge >= 0.3 is 5.97 Å². The number of pyridine rings is 1. The quantitative estimate of drug-likeness (QED) is 0.510. The summed E-state index contributed by atoms with van der Waals surface area (Å²) in [5.74, 6) is 0.111. The molecule has 0 aliphatic rings. The normalized spacial score (nSPS) is 11.0. The fraction of sp³-hybridized carbons (Fsp3) is 0.190. The number of aromatic nitrogens is 5. The predicted octanol–water partition coefficient (Wildman–Crippen LogP) is 3.34. The molecule has 0 unspecified atom stereocenters. The Bertz CT molecular complexity index is 1180. The Labute approximate surface area is 162 Å². The predicted molar refractivity (Wildman–Crippen MR) is 105 cm³/mol. The number of hydrogen-bond donors (Lipinski definition) is 0. The topological polar surface area (TPSA) is 82.8 Å². The molecule has 140 valence electrons. The van der Waals surface area contributed by atoms with Crippen molar-refractivity contribution in [3.63, 3.8) is 0 Å². The minimum atomic E-state index is -0.426. The second kappa shape index (κ2) is 7.19. The van der Waals surface area contributed by atoms with Gasteiger partial charge in [0.15, 0.2) is 0 Å². The molecule has 0 amide bonds. The number of ether oxygens (including phenoxy) is 1. The molecule has 0 fully saturated rings. The van der Waals surface area contributed by atoms with E-state index in [2.05, 4.69) is 20.4 Å². The van der Waals surface area contributed by atoms with Gasteiger partial charge in [-0.05, 0) is 36.3 Å². The van der Waals surface area contributed by atoms with E-state index in [1.165, 1.54) is 11.9 Å². The van der Waals surface area contributed by atoms with Crippen LogP contribution in [-0.2, 0) is 11.3 Å². The van der Waals surface area contributed by atoms with Gasteiger partial charge in [-0.15, -0.1) is 10.2 Å². The fourth-order valence-electron chi connectivity index (χ4n) is 3.30. The summed E-state index contributed by atoms with van der Waals surface area (Å²) in [6, 6.07) is 15.6. The first-order valence-corrected chi connectivity index (χ1v) is 8.89. The van der Waals surface area contributed by atoms with Crippen LogP contribution in [0.5, 0.6) is 0 Å². The van der Waals surface area contributed by atoms with Crippen LogP contribution in [0.3, 0.4) is 0 Å². The molecule has 7 heteroatoms.